The number of alkyl halides is 1. The Morgan fingerprint density at radius 2 is 2.12 bits per heavy atom. The summed E-state index contributed by atoms with van der Waals surface area (Å²) in [7, 11) is 0. The number of aryl methyl sites for hydroxylation is 1. The van der Waals surface area contributed by atoms with Gasteiger partial charge in [-0.3, -0.25) is 4.79 Å². The highest BCUT2D eigenvalue weighted by molar-refractivity contribution is 6.17. The van der Waals surface area contributed by atoms with E-state index in [1.165, 1.54) is 0 Å². The van der Waals surface area contributed by atoms with Crippen LogP contribution in [0.3, 0.4) is 0 Å². The number of carbonyl (C=O) groups is 1. The van der Waals surface area contributed by atoms with Crippen LogP contribution in [-0.2, 0) is 6.54 Å². The van der Waals surface area contributed by atoms with E-state index in [9.17, 15) is 9.18 Å². The van der Waals surface area contributed by atoms with Gasteiger partial charge in [0.15, 0.2) is 12.1 Å². The molecule has 0 aliphatic rings. The minimum atomic E-state index is -0.444. The molecule has 84 valence electrons. The van der Waals surface area contributed by atoms with Crippen molar-refractivity contribution in [1.82, 2.24) is 4.57 Å². The Morgan fingerprint density at radius 3 is 2.81 bits per heavy atom. The highest BCUT2D eigenvalue weighted by atomic mass is 35.5. The van der Waals surface area contributed by atoms with Crippen molar-refractivity contribution < 1.29 is 9.18 Å². The van der Waals surface area contributed by atoms with E-state index in [4.69, 9.17) is 11.6 Å². The van der Waals surface area contributed by atoms with Crippen LogP contribution in [0, 0.1) is 5.82 Å². The second kappa shape index (κ2) is 4.66. The van der Waals surface area contributed by atoms with Gasteiger partial charge in [0.25, 0.3) is 0 Å². The van der Waals surface area contributed by atoms with Crippen LogP contribution in [0.15, 0.2) is 24.3 Å². The summed E-state index contributed by atoms with van der Waals surface area (Å²) in [6.07, 6.45) is 1.27. The van der Waals surface area contributed by atoms with E-state index in [0.29, 0.717) is 30.5 Å². The maximum atomic E-state index is 13.8. The first-order valence-electron chi connectivity index (χ1n) is 5.07. The SMILES string of the molecule is O=Cc1c(F)c2ccccc2n1CCCCl. The third-order valence-corrected chi connectivity index (χ3v) is 2.84. The number of rotatable bonds is 4. The molecule has 0 atom stereocenters. The maximum Gasteiger partial charge on any atom is 0.169 e. The van der Waals surface area contributed by atoms with E-state index >= 15 is 0 Å². The predicted octanol–water partition coefficient (Wildman–Crippen LogP) is 3.22. The number of carbonyl (C=O) groups excluding carboxylic acids is 1. The zero-order chi connectivity index (χ0) is 11.5. The molecule has 0 aliphatic carbocycles. The summed E-state index contributed by atoms with van der Waals surface area (Å²) in [4.78, 5) is 10.9. The molecule has 1 heterocycles. The lowest BCUT2D eigenvalue weighted by atomic mass is 10.2. The lowest BCUT2D eigenvalue weighted by Crippen LogP contribution is -2.03. The number of fused-ring (bicyclic) bond motifs is 1. The average molecular weight is 240 g/mol. The van der Waals surface area contributed by atoms with E-state index < -0.39 is 5.82 Å². The standard InChI is InChI=1S/C12H11ClFNO/c13-6-3-7-15-10-5-2-1-4-9(10)12(14)11(15)8-16/h1-2,4-5,8H,3,6-7H2. The Hall–Kier alpha value is -1.35. The van der Waals surface area contributed by atoms with Gasteiger partial charge in [-0.15, -0.1) is 11.6 Å². The van der Waals surface area contributed by atoms with Gasteiger partial charge in [0.05, 0.1) is 5.52 Å². The summed E-state index contributed by atoms with van der Waals surface area (Å²) in [6.45, 7) is 0.558. The number of benzene rings is 1. The Balaban J connectivity index is 2.63. The van der Waals surface area contributed by atoms with Gasteiger partial charge < -0.3 is 4.57 Å². The molecule has 0 amide bonds. The van der Waals surface area contributed by atoms with Crippen molar-refractivity contribution in [3.8, 4) is 0 Å². The quantitative estimate of drug-likeness (QED) is 0.593. The Labute approximate surface area is 97.6 Å². The first-order chi connectivity index (χ1) is 7.79. The van der Waals surface area contributed by atoms with Crippen molar-refractivity contribution in [3.05, 3.63) is 35.8 Å². The molecule has 2 nitrogen and oxygen atoms in total. The van der Waals surface area contributed by atoms with Crippen LogP contribution in [0.2, 0.25) is 0 Å². The molecule has 0 N–H and O–H groups in total. The van der Waals surface area contributed by atoms with Crippen LogP contribution < -0.4 is 0 Å². The van der Waals surface area contributed by atoms with Crippen molar-refractivity contribution in [2.45, 2.75) is 13.0 Å². The van der Waals surface area contributed by atoms with E-state index in [-0.39, 0.29) is 5.69 Å². The molecule has 0 saturated carbocycles. The number of para-hydroxylation sites is 1. The monoisotopic (exact) mass is 239 g/mol. The van der Waals surface area contributed by atoms with Gasteiger partial charge >= 0.3 is 0 Å². The van der Waals surface area contributed by atoms with Gasteiger partial charge in [-0.1, -0.05) is 12.1 Å². The Morgan fingerprint density at radius 1 is 1.38 bits per heavy atom. The van der Waals surface area contributed by atoms with E-state index in [0.717, 1.165) is 5.52 Å². The summed E-state index contributed by atoms with van der Waals surface area (Å²) >= 11 is 5.61. The molecule has 16 heavy (non-hydrogen) atoms. The molecular formula is C12H11ClFNO. The lowest BCUT2D eigenvalue weighted by Gasteiger charge is -2.05. The molecular weight excluding hydrogens is 229 g/mol. The molecule has 1 aromatic carbocycles. The number of nitrogens with zero attached hydrogens (tertiary/aromatic N) is 1. The molecule has 0 unspecified atom stereocenters. The zero-order valence-electron chi connectivity index (χ0n) is 8.62. The molecule has 2 rings (SSSR count). The summed E-state index contributed by atoms with van der Waals surface area (Å²) in [5, 5.41) is 0.485. The smallest absolute Gasteiger partial charge is 0.169 e. The third kappa shape index (κ3) is 1.71. The molecule has 0 radical (unpaired) electrons. The fraction of sp³-hybridized carbons (Fsp3) is 0.250. The number of aromatic nitrogens is 1. The van der Waals surface area contributed by atoms with Crippen LogP contribution in [0.1, 0.15) is 16.9 Å². The normalized spacial score (nSPS) is 10.9. The molecule has 0 bridgehead atoms. The van der Waals surface area contributed by atoms with Crippen molar-refractivity contribution in [1.29, 1.82) is 0 Å². The predicted molar refractivity (Wildman–Crippen MR) is 62.6 cm³/mol. The van der Waals surface area contributed by atoms with E-state index in [2.05, 4.69) is 0 Å². The van der Waals surface area contributed by atoms with Crippen LogP contribution in [0.25, 0.3) is 10.9 Å². The highest BCUT2D eigenvalue weighted by Crippen LogP contribution is 2.23. The number of halogens is 2. The fourth-order valence-corrected chi connectivity index (χ4v) is 1.97. The van der Waals surface area contributed by atoms with Crippen molar-refractivity contribution in [2.24, 2.45) is 0 Å². The number of aldehydes is 1. The van der Waals surface area contributed by atoms with Gasteiger partial charge in [-0.05, 0) is 18.6 Å². The first-order valence-corrected chi connectivity index (χ1v) is 5.61. The minimum absolute atomic E-state index is 0.103. The summed E-state index contributed by atoms with van der Waals surface area (Å²) in [5.74, 6) is 0.0482. The number of hydrogen-bond donors (Lipinski definition) is 0. The Kier molecular flexibility index (Phi) is 3.25. The maximum absolute atomic E-state index is 13.8. The summed E-state index contributed by atoms with van der Waals surface area (Å²) in [5.41, 5.74) is 0.846. The van der Waals surface area contributed by atoms with Gasteiger partial charge in [0, 0.05) is 17.8 Å². The molecule has 4 heteroatoms. The molecule has 0 aliphatic heterocycles. The van der Waals surface area contributed by atoms with Crippen LogP contribution in [0.4, 0.5) is 4.39 Å². The van der Waals surface area contributed by atoms with E-state index in [1.807, 2.05) is 6.07 Å². The van der Waals surface area contributed by atoms with Gasteiger partial charge in [-0.2, -0.15) is 0 Å². The molecule has 0 spiro atoms. The number of hydrogen-bond acceptors (Lipinski definition) is 1. The van der Waals surface area contributed by atoms with Crippen molar-refractivity contribution >= 4 is 28.8 Å². The van der Waals surface area contributed by atoms with Crippen LogP contribution in [0.5, 0.6) is 0 Å². The van der Waals surface area contributed by atoms with Crippen molar-refractivity contribution in [3.63, 3.8) is 0 Å². The minimum Gasteiger partial charge on any atom is -0.336 e. The largest absolute Gasteiger partial charge is 0.336 e. The fourth-order valence-electron chi connectivity index (χ4n) is 1.85. The molecule has 0 fully saturated rings. The third-order valence-electron chi connectivity index (χ3n) is 2.57. The highest BCUT2D eigenvalue weighted by Gasteiger charge is 2.15. The van der Waals surface area contributed by atoms with Gasteiger partial charge in [0.1, 0.15) is 5.69 Å². The van der Waals surface area contributed by atoms with E-state index in [1.54, 1.807) is 22.8 Å². The summed E-state index contributed by atoms with van der Waals surface area (Å²) in [6, 6.07) is 7.06. The lowest BCUT2D eigenvalue weighted by molar-refractivity contribution is 0.111. The molecule has 0 saturated heterocycles. The van der Waals surface area contributed by atoms with Gasteiger partial charge in [-0.25, -0.2) is 4.39 Å². The van der Waals surface area contributed by atoms with Crippen LogP contribution in [-0.4, -0.2) is 16.7 Å². The summed E-state index contributed by atoms with van der Waals surface area (Å²) < 4.78 is 15.5. The zero-order valence-corrected chi connectivity index (χ0v) is 9.38. The van der Waals surface area contributed by atoms with Crippen LogP contribution >= 0.6 is 11.6 Å². The topological polar surface area (TPSA) is 22.0 Å². The van der Waals surface area contributed by atoms with Gasteiger partial charge in [0.2, 0.25) is 0 Å². The second-order valence-corrected chi connectivity index (χ2v) is 3.91. The average Bonchev–Trinajstić information content (AvgIpc) is 2.60. The molecule has 1 aromatic heterocycles. The van der Waals surface area contributed by atoms with Crippen molar-refractivity contribution in [2.75, 3.05) is 5.88 Å². The molecule has 2 aromatic rings. The second-order valence-electron chi connectivity index (χ2n) is 3.53. The Bertz CT molecular complexity index is 521. The first kappa shape index (κ1) is 11.1.